The molecule has 2 heteroatoms. The molecule has 0 aromatic rings. The minimum absolute atomic E-state index is 0.503. The zero-order valence-electron chi connectivity index (χ0n) is 6.76. The van der Waals surface area contributed by atoms with Crippen molar-refractivity contribution < 1.29 is 4.84 Å². The van der Waals surface area contributed by atoms with Gasteiger partial charge in [-0.2, -0.15) is 0 Å². The summed E-state index contributed by atoms with van der Waals surface area (Å²) in [5.41, 5.74) is 1.10. The van der Waals surface area contributed by atoms with Crippen LogP contribution in [-0.4, -0.2) is 12.3 Å². The summed E-state index contributed by atoms with van der Waals surface area (Å²) in [4.78, 5) is 4.90. The predicted molar refractivity (Wildman–Crippen MR) is 44.2 cm³/mol. The van der Waals surface area contributed by atoms with Gasteiger partial charge >= 0.3 is 0 Å². The van der Waals surface area contributed by atoms with Crippen LogP contribution in [0.25, 0.3) is 0 Å². The van der Waals surface area contributed by atoms with Crippen LogP contribution in [0.5, 0.6) is 0 Å². The van der Waals surface area contributed by atoms with E-state index in [0.29, 0.717) is 6.61 Å². The van der Waals surface area contributed by atoms with E-state index in [9.17, 15) is 0 Å². The number of oxime groups is 1. The molecule has 0 aliphatic heterocycles. The fourth-order valence-corrected chi connectivity index (χ4v) is 0.560. The summed E-state index contributed by atoms with van der Waals surface area (Å²) in [6.07, 6.45) is 3.62. The molecule has 0 bridgehead atoms. The van der Waals surface area contributed by atoms with E-state index in [1.54, 1.807) is 6.08 Å². The standard InChI is InChI=1S/C8H15NO/c1-4-7-10-9-8(5-2)6-3/h4H,1,5-7H2,2-3H3. The van der Waals surface area contributed by atoms with Crippen LogP contribution in [0.2, 0.25) is 0 Å². The maximum absolute atomic E-state index is 4.90. The third-order valence-corrected chi connectivity index (χ3v) is 1.20. The third kappa shape index (κ3) is 4.13. The Bertz CT molecular complexity index is 112. The molecular weight excluding hydrogens is 126 g/mol. The average molecular weight is 141 g/mol. The Labute approximate surface area is 62.6 Å². The van der Waals surface area contributed by atoms with Crippen molar-refractivity contribution in [3.63, 3.8) is 0 Å². The molecule has 0 fully saturated rings. The van der Waals surface area contributed by atoms with E-state index < -0.39 is 0 Å². The van der Waals surface area contributed by atoms with E-state index in [4.69, 9.17) is 4.84 Å². The lowest BCUT2D eigenvalue weighted by molar-refractivity contribution is 0.173. The van der Waals surface area contributed by atoms with E-state index in [-0.39, 0.29) is 0 Å². The van der Waals surface area contributed by atoms with Crippen molar-refractivity contribution in [1.29, 1.82) is 0 Å². The minimum Gasteiger partial charge on any atom is -0.392 e. The molecule has 0 heterocycles. The van der Waals surface area contributed by atoms with Crippen molar-refractivity contribution in [2.75, 3.05) is 6.61 Å². The van der Waals surface area contributed by atoms with Gasteiger partial charge in [0.05, 0.1) is 5.71 Å². The molecule has 0 saturated carbocycles. The summed E-state index contributed by atoms with van der Waals surface area (Å²) in [7, 11) is 0. The van der Waals surface area contributed by atoms with Crippen LogP contribution >= 0.6 is 0 Å². The monoisotopic (exact) mass is 141 g/mol. The van der Waals surface area contributed by atoms with Crippen molar-refractivity contribution in [2.24, 2.45) is 5.16 Å². The smallest absolute Gasteiger partial charge is 0.135 e. The Morgan fingerprint density at radius 3 is 2.50 bits per heavy atom. The fourth-order valence-electron chi connectivity index (χ4n) is 0.560. The molecule has 0 amide bonds. The summed E-state index contributed by atoms with van der Waals surface area (Å²) in [5, 5.41) is 3.90. The SMILES string of the molecule is C=CCON=C(CC)CC. The van der Waals surface area contributed by atoms with Gasteiger partial charge in [-0.1, -0.05) is 31.7 Å². The van der Waals surface area contributed by atoms with E-state index in [1.807, 2.05) is 0 Å². The predicted octanol–water partition coefficient (Wildman–Crippen LogP) is 2.37. The lowest BCUT2D eigenvalue weighted by Crippen LogP contribution is -1.94. The van der Waals surface area contributed by atoms with Gasteiger partial charge in [-0.3, -0.25) is 0 Å². The van der Waals surface area contributed by atoms with Crippen LogP contribution in [0.1, 0.15) is 26.7 Å². The van der Waals surface area contributed by atoms with Gasteiger partial charge in [0.2, 0.25) is 0 Å². The molecule has 0 radical (unpaired) electrons. The zero-order chi connectivity index (χ0) is 7.82. The lowest BCUT2D eigenvalue weighted by Gasteiger charge is -1.97. The Kier molecular flexibility index (Phi) is 5.83. The van der Waals surface area contributed by atoms with Crippen molar-refractivity contribution in [2.45, 2.75) is 26.7 Å². The fraction of sp³-hybridized carbons (Fsp3) is 0.625. The summed E-state index contributed by atoms with van der Waals surface area (Å²) in [5.74, 6) is 0. The Balaban J connectivity index is 3.52. The molecule has 10 heavy (non-hydrogen) atoms. The van der Waals surface area contributed by atoms with Gasteiger partial charge in [-0.15, -0.1) is 0 Å². The second kappa shape index (κ2) is 6.33. The molecule has 0 aromatic heterocycles. The van der Waals surface area contributed by atoms with E-state index in [2.05, 4.69) is 25.6 Å². The number of hydrogen-bond donors (Lipinski definition) is 0. The Morgan fingerprint density at radius 2 is 2.10 bits per heavy atom. The first-order valence-electron chi connectivity index (χ1n) is 3.63. The van der Waals surface area contributed by atoms with Gasteiger partial charge in [0.15, 0.2) is 0 Å². The zero-order valence-corrected chi connectivity index (χ0v) is 6.76. The van der Waals surface area contributed by atoms with E-state index >= 15 is 0 Å². The van der Waals surface area contributed by atoms with Crippen LogP contribution in [-0.2, 0) is 4.84 Å². The van der Waals surface area contributed by atoms with Crippen LogP contribution in [0.15, 0.2) is 17.8 Å². The number of hydrogen-bond acceptors (Lipinski definition) is 2. The van der Waals surface area contributed by atoms with Crippen molar-refractivity contribution >= 4 is 5.71 Å². The molecular formula is C8H15NO. The molecule has 0 N–H and O–H groups in total. The molecule has 0 rings (SSSR count). The van der Waals surface area contributed by atoms with Crippen LogP contribution in [0.4, 0.5) is 0 Å². The van der Waals surface area contributed by atoms with E-state index in [0.717, 1.165) is 18.6 Å². The second-order valence-corrected chi connectivity index (χ2v) is 1.95. The normalized spacial score (nSPS) is 8.60. The van der Waals surface area contributed by atoms with Crippen LogP contribution in [0.3, 0.4) is 0 Å². The maximum atomic E-state index is 4.90. The summed E-state index contributed by atoms with van der Waals surface area (Å²) >= 11 is 0. The highest BCUT2D eigenvalue weighted by Gasteiger charge is 1.89. The molecule has 58 valence electrons. The highest BCUT2D eigenvalue weighted by molar-refractivity contribution is 5.83. The van der Waals surface area contributed by atoms with Crippen LogP contribution < -0.4 is 0 Å². The minimum atomic E-state index is 0.503. The summed E-state index contributed by atoms with van der Waals surface area (Å²) < 4.78 is 0. The third-order valence-electron chi connectivity index (χ3n) is 1.20. The van der Waals surface area contributed by atoms with Gasteiger partial charge in [0.25, 0.3) is 0 Å². The molecule has 2 nitrogen and oxygen atoms in total. The second-order valence-electron chi connectivity index (χ2n) is 1.95. The molecule has 0 unspecified atom stereocenters. The highest BCUT2D eigenvalue weighted by atomic mass is 16.6. The molecule has 0 atom stereocenters. The summed E-state index contributed by atoms with van der Waals surface area (Å²) in [6, 6.07) is 0. The quantitative estimate of drug-likeness (QED) is 0.249. The molecule has 0 spiro atoms. The largest absolute Gasteiger partial charge is 0.392 e. The first-order chi connectivity index (χ1) is 4.85. The van der Waals surface area contributed by atoms with Gasteiger partial charge in [0, 0.05) is 0 Å². The first kappa shape index (κ1) is 9.21. The Hall–Kier alpha value is -0.790. The lowest BCUT2D eigenvalue weighted by atomic mass is 10.2. The molecule has 0 saturated heterocycles. The molecule has 0 aliphatic rings. The van der Waals surface area contributed by atoms with Crippen molar-refractivity contribution in [1.82, 2.24) is 0 Å². The number of nitrogens with zero attached hydrogens (tertiary/aromatic N) is 1. The highest BCUT2D eigenvalue weighted by Crippen LogP contribution is 1.92. The van der Waals surface area contributed by atoms with E-state index in [1.165, 1.54) is 0 Å². The van der Waals surface area contributed by atoms with Gasteiger partial charge in [-0.25, -0.2) is 0 Å². The average Bonchev–Trinajstić information content (AvgIpc) is 1.99. The van der Waals surface area contributed by atoms with Crippen molar-refractivity contribution in [3.8, 4) is 0 Å². The molecule has 0 aromatic carbocycles. The van der Waals surface area contributed by atoms with Gasteiger partial charge in [0.1, 0.15) is 6.61 Å². The number of rotatable bonds is 5. The maximum Gasteiger partial charge on any atom is 0.135 e. The van der Waals surface area contributed by atoms with Crippen molar-refractivity contribution in [3.05, 3.63) is 12.7 Å². The van der Waals surface area contributed by atoms with Gasteiger partial charge < -0.3 is 4.84 Å². The Morgan fingerprint density at radius 1 is 1.50 bits per heavy atom. The van der Waals surface area contributed by atoms with Crippen LogP contribution in [0, 0.1) is 0 Å². The topological polar surface area (TPSA) is 21.6 Å². The molecule has 0 aliphatic carbocycles. The van der Waals surface area contributed by atoms with Gasteiger partial charge in [-0.05, 0) is 12.8 Å². The first-order valence-corrected chi connectivity index (χ1v) is 3.63. The summed E-state index contributed by atoms with van der Waals surface area (Å²) in [6.45, 7) is 8.16.